The molecule has 4 nitrogen and oxygen atoms in total. The number of benzene rings is 1. The summed E-state index contributed by atoms with van der Waals surface area (Å²) in [6.07, 6.45) is 2.38. The first-order valence-electron chi connectivity index (χ1n) is 6.63. The van der Waals surface area contributed by atoms with Crippen LogP contribution in [0.25, 0.3) is 11.0 Å². The Kier molecular flexibility index (Phi) is 4.35. The monoisotopic (exact) mass is 295 g/mol. The zero-order chi connectivity index (χ0) is 13.4. The van der Waals surface area contributed by atoms with E-state index in [0.29, 0.717) is 12.1 Å². The minimum Gasteiger partial charge on any atom is -0.507 e. The lowest BCUT2D eigenvalue weighted by atomic mass is 10.1. The van der Waals surface area contributed by atoms with Crippen LogP contribution in [-0.2, 0) is 6.54 Å². The molecule has 0 saturated carbocycles. The molecule has 1 N–H and O–H groups in total. The van der Waals surface area contributed by atoms with E-state index >= 15 is 0 Å². The number of phenolic OH excluding ortho intramolecular Hbond substituents is 1. The van der Waals surface area contributed by atoms with Crippen LogP contribution in [0.1, 0.15) is 24.0 Å². The quantitative estimate of drug-likeness (QED) is 0.866. The Morgan fingerprint density at radius 3 is 2.70 bits per heavy atom. The second-order valence-corrected chi connectivity index (χ2v) is 5.17. The van der Waals surface area contributed by atoms with E-state index in [1.54, 1.807) is 12.1 Å². The Morgan fingerprint density at radius 1 is 1.30 bits per heavy atom. The van der Waals surface area contributed by atoms with Crippen LogP contribution < -0.4 is 5.63 Å². The normalized spacial score (nSPS) is 15.4. The van der Waals surface area contributed by atoms with Crippen LogP contribution in [0.2, 0.25) is 0 Å². The smallest absolute Gasteiger partial charge is 0.336 e. The molecule has 1 saturated heterocycles. The Bertz CT molecular complexity index is 675. The molecule has 0 amide bonds. The standard InChI is InChI=1S/C15H17NO3.ClH/c1-10-8-14(18)19-15-11(10)4-5-13(17)12(15)9-16-6-2-3-7-16;/h4-5,8,17H,2-3,6-7,9H2,1H3;1H. The molecular formula is C15H18ClNO3. The number of fused-ring (bicyclic) bond motifs is 1. The second-order valence-electron chi connectivity index (χ2n) is 5.17. The van der Waals surface area contributed by atoms with E-state index in [1.165, 1.54) is 18.9 Å². The van der Waals surface area contributed by atoms with Crippen LogP contribution in [0.15, 0.2) is 27.4 Å². The molecule has 0 atom stereocenters. The number of halogens is 1. The summed E-state index contributed by atoms with van der Waals surface area (Å²) < 4.78 is 5.32. The lowest BCUT2D eigenvalue weighted by Crippen LogP contribution is -2.18. The zero-order valence-electron chi connectivity index (χ0n) is 11.4. The number of rotatable bonds is 2. The number of hydrogen-bond donors (Lipinski definition) is 1. The third kappa shape index (κ3) is 2.67. The molecule has 0 radical (unpaired) electrons. The molecule has 2 heterocycles. The third-order valence-electron chi connectivity index (χ3n) is 3.78. The van der Waals surface area contributed by atoms with E-state index in [9.17, 15) is 9.90 Å². The molecule has 0 aliphatic carbocycles. The predicted molar refractivity (Wildman–Crippen MR) is 80.6 cm³/mol. The molecule has 2 aromatic rings. The van der Waals surface area contributed by atoms with Crippen molar-refractivity contribution < 1.29 is 9.52 Å². The molecule has 1 aliphatic heterocycles. The predicted octanol–water partition coefficient (Wildman–Crippen LogP) is 2.82. The van der Waals surface area contributed by atoms with Gasteiger partial charge in [0.15, 0.2) is 0 Å². The van der Waals surface area contributed by atoms with Gasteiger partial charge >= 0.3 is 5.63 Å². The SMILES string of the molecule is Cc1cc(=O)oc2c(CN3CCCC3)c(O)ccc12.Cl. The van der Waals surface area contributed by atoms with Gasteiger partial charge in [0.05, 0.1) is 5.56 Å². The molecule has 108 valence electrons. The molecule has 1 fully saturated rings. The highest BCUT2D eigenvalue weighted by atomic mass is 35.5. The first-order valence-corrected chi connectivity index (χ1v) is 6.63. The van der Waals surface area contributed by atoms with Gasteiger partial charge in [0.1, 0.15) is 11.3 Å². The van der Waals surface area contributed by atoms with Gasteiger partial charge in [-0.1, -0.05) is 0 Å². The third-order valence-corrected chi connectivity index (χ3v) is 3.78. The molecule has 0 spiro atoms. The van der Waals surface area contributed by atoms with Crippen molar-refractivity contribution in [1.29, 1.82) is 0 Å². The molecule has 0 unspecified atom stereocenters. The van der Waals surface area contributed by atoms with E-state index in [2.05, 4.69) is 4.90 Å². The highest BCUT2D eigenvalue weighted by molar-refractivity contribution is 5.85. The minimum atomic E-state index is -0.363. The van der Waals surface area contributed by atoms with Gasteiger partial charge in [-0.05, 0) is 50.6 Å². The second kappa shape index (κ2) is 5.85. The molecule has 0 bridgehead atoms. The summed E-state index contributed by atoms with van der Waals surface area (Å²) in [6.45, 7) is 4.59. The average Bonchev–Trinajstić information content (AvgIpc) is 2.85. The van der Waals surface area contributed by atoms with Gasteiger partial charge < -0.3 is 9.52 Å². The van der Waals surface area contributed by atoms with Gasteiger partial charge in [-0.3, -0.25) is 4.90 Å². The summed E-state index contributed by atoms with van der Waals surface area (Å²) >= 11 is 0. The maximum atomic E-state index is 11.5. The Hall–Kier alpha value is -1.52. The maximum absolute atomic E-state index is 11.5. The van der Waals surface area contributed by atoms with Crippen molar-refractivity contribution in [3.8, 4) is 5.75 Å². The van der Waals surface area contributed by atoms with Crippen molar-refractivity contribution in [1.82, 2.24) is 4.90 Å². The van der Waals surface area contributed by atoms with Gasteiger partial charge in [0.2, 0.25) is 0 Å². The molecule has 3 rings (SSSR count). The fourth-order valence-electron chi connectivity index (χ4n) is 2.75. The summed E-state index contributed by atoms with van der Waals surface area (Å²) in [5, 5.41) is 11.0. The summed E-state index contributed by atoms with van der Waals surface area (Å²) in [6, 6.07) is 4.97. The highest BCUT2D eigenvalue weighted by Crippen LogP contribution is 2.30. The van der Waals surface area contributed by atoms with Crippen molar-refractivity contribution in [2.24, 2.45) is 0 Å². The van der Waals surface area contributed by atoms with E-state index in [-0.39, 0.29) is 23.8 Å². The summed E-state index contributed by atoms with van der Waals surface area (Å²) in [7, 11) is 0. The van der Waals surface area contributed by atoms with Gasteiger partial charge in [0.25, 0.3) is 0 Å². The van der Waals surface area contributed by atoms with E-state index in [4.69, 9.17) is 4.42 Å². The number of hydrogen-bond acceptors (Lipinski definition) is 4. The lowest BCUT2D eigenvalue weighted by Gasteiger charge is -2.16. The molecule has 5 heteroatoms. The van der Waals surface area contributed by atoms with Crippen LogP contribution in [-0.4, -0.2) is 23.1 Å². The van der Waals surface area contributed by atoms with Crippen LogP contribution in [0.4, 0.5) is 0 Å². The highest BCUT2D eigenvalue weighted by Gasteiger charge is 2.18. The van der Waals surface area contributed by atoms with E-state index in [0.717, 1.165) is 29.6 Å². The van der Waals surface area contributed by atoms with Crippen molar-refractivity contribution in [3.63, 3.8) is 0 Å². The molecular weight excluding hydrogens is 278 g/mol. The number of aromatic hydroxyl groups is 1. The van der Waals surface area contributed by atoms with E-state index < -0.39 is 0 Å². The van der Waals surface area contributed by atoms with Gasteiger partial charge in [0, 0.05) is 18.0 Å². The van der Waals surface area contributed by atoms with E-state index in [1.807, 2.05) is 6.92 Å². The first kappa shape index (κ1) is 14.9. The van der Waals surface area contributed by atoms with Crippen LogP contribution in [0.5, 0.6) is 5.75 Å². The zero-order valence-corrected chi connectivity index (χ0v) is 12.2. The topological polar surface area (TPSA) is 53.7 Å². The molecule has 1 aliphatic rings. The molecule has 20 heavy (non-hydrogen) atoms. The Balaban J connectivity index is 0.00000147. The van der Waals surface area contributed by atoms with Gasteiger partial charge in [-0.15, -0.1) is 12.4 Å². The number of phenols is 1. The molecule has 1 aromatic carbocycles. The fourth-order valence-corrected chi connectivity index (χ4v) is 2.75. The Morgan fingerprint density at radius 2 is 2.00 bits per heavy atom. The number of nitrogens with zero attached hydrogens (tertiary/aromatic N) is 1. The molecule has 1 aromatic heterocycles. The fraction of sp³-hybridized carbons (Fsp3) is 0.400. The van der Waals surface area contributed by atoms with Crippen molar-refractivity contribution in [2.45, 2.75) is 26.3 Å². The average molecular weight is 296 g/mol. The minimum absolute atomic E-state index is 0. The summed E-state index contributed by atoms with van der Waals surface area (Å²) in [4.78, 5) is 13.8. The largest absolute Gasteiger partial charge is 0.507 e. The first-order chi connectivity index (χ1) is 9.15. The number of aryl methyl sites for hydroxylation is 1. The van der Waals surface area contributed by atoms with Crippen LogP contribution in [0, 0.1) is 6.92 Å². The number of likely N-dealkylation sites (tertiary alicyclic amines) is 1. The Labute approximate surface area is 123 Å². The lowest BCUT2D eigenvalue weighted by molar-refractivity contribution is 0.323. The maximum Gasteiger partial charge on any atom is 0.336 e. The van der Waals surface area contributed by atoms with Crippen molar-refractivity contribution >= 4 is 23.4 Å². The van der Waals surface area contributed by atoms with Crippen LogP contribution >= 0.6 is 12.4 Å². The van der Waals surface area contributed by atoms with Gasteiger partial charge in [-0.25, -0.2) is 4.79 Å². The summed E-state index contributed by atoms with van der Waals surface area (Å²) in [5.41, 5.74) is 1.77. The summed E-state index contributed by atoms with van der Waals surface area (Å²) in [5.74, 6) is 0.202. The van der Waals surface area contributed by atoms with Crippen molar-refractivity contribution in [3.05, 3.63) is 39.7 Å². The van der Waals surface area contributed by atoms with Gasteiger partial charge in [-0.2, -0.15) is 0 Å². The van der Waals surface area contributed by atoms with Crippen molar-refractivity contribution in [2.75, 3.05) is 13.1 Å². The van der Waals surface area contributed by atoms with Crippen LogP contribution in [0.3, 0.4) is 0 Å².